The number of halogens is 1. The molecule has 1 fully saturated rings. The number of Topliss-reactive ketones (excluding diaryl/α,β-unsaturated/α-hetero) is 1. The van der Waals surface area contributed by atoms with Crippen molar-refractivity contribution >= 4 is 29.1 Å². The number of hydrogen-bond donors (Lipinski definition) is 2. The molecule has 1 amide bonds. The lowest BCUT2D eigenvalue weighted by molar-refractivity contribution is -0.140. The van der Waals surface area contributed by atoms with Gasteiger partial charge in [0.25, 0.3) is 11.7 Å². The maximum absolute atomic E-state index is 13.1. The fourth-order valence-corrected chi connectivity index (χ4v) is 4.23. The first kappa shape index (κ1) is 21.5. The molecule has 7 nitrogen and oxygen atoms in total. The smallest absolute Gasteiger partial charge is 0.296 e. The van der Waals surface area contributed by atoms with Crippen LogP contribution in [0.2, 0.25) is 5.02 Å². The standard InChI is InChI=1S/C24H20ClNO6/c1-13-10-17(23(31-2)18(25)11-13)21(28)19-20(14-5-7-15(27)8-6-14)26(24(30)22(19)29)12-16-4-3-9-32-16/h3-11,20,27-28H,12H2,1-2H3/b21-19+. The van der Waals surface area contributed by atoms with Gasteiger partial charge in [0, 0.05) is 0 Å². The fraction of sp³-hybridized carbons (Fsp3) is 0.167. The maximum atomic E-state index is 13.1. The van der Waals surface area contributed by atoms with Crippen LogP contribution in [0.25, 0.3) is 5.76 Å². The van der Waals surface area contributed by atoms with E-state index in [4.69, 9.17) is 20.8 Å². The van der Waals surface area contributed by atoms with Gasteiger partial charge < -0.3 is 24.3 Å². The number of methoxy groups -OCH3 is 1. The number of ketones is 1. The Hall–Kier alpha value is -3.71. The van der Waals surface area contributed by atoms with Crippen LogP contribution in [-0.4, -0.2) is 33.9 Å². The quantitative estimate of drug-likeness (QED) is 0.333. The number of likely N-dealkylation sites (tertiary alicyclic amines) is 1. The number of amides is 1. The monoisotopic (exact) mass is 453 g/mol. The molecule has 1 atom stereocenters. The van der Waals surface area contributed by atoms with E-state index in [0.717, 1.165) is 5.56 Å². The third-order valence-corrected chi connectivity index (χ3v) is 5.58. The van der Waals surface area contributed by atoms with Gasteiger partial charge in [0.05, 0.1) is 42.1 Å². The van der Waals surface area contributed by atoms with E-state index in [9.17, 15) is 19.8 Å². The zero-order chi connectivity index (χ0) is 23.0. The second-order valence-electron chi connectivity index (χ2n) is 7.43. The minimum atomic E-state index is -0.912. The van der Waals surface area contributed by atoms with Crippen molar-refractivity contribution in [3.63, 3.8) is 0 Å². The van der Waals surface area contributed by atoms with Gasteiger partial charge in [0.2, 0.25) is 0 Å². The first-order chi connectivity index (χ1) is 15.3. The highest BCUT2D eigenvalue weighted by atomic mass is 35.5. The molecule has 2 heterocycles. The molecular weight excluding hydrogens is 434 g/mol. The number of ether oxygens (including phenoxy) is 1. The number of hydrogen-bond acceptors (Lipinski definition) is 6. The summed E-state index contributed by atoms with van der Waals surface area (Å²) in [5, 5.41) is 21.2. The van der Waals surface area contributed by atoms with Gasteiger partial charge in [-0.05, 0) is 54.4 Å². The third kappa shape index (κ3) is 3.71. The second-order valence-corrected chi connectivity index (χ2v) is 7.83. The van der Waals surface area contributed by atoms with Crippen molar-refractivity contribution in [1.29, 1.82) is 0 Å². The van der Waals surface area contributed by atoms with Crippen molar-refractivity contribution in [2.24, 2.45) is 0 Å². The molecular formula is C24H20ClNO6. The predicted octanol–water partition coefficient (Wildman–Crippen LogP) is 4.58. The molecule has 1 unspecified atom stereocenters. The normalized spacial score (nSPS) is 17.7. The van der Waals surface area contributed by atoms with E-state index in [1.165, 1.54) is 30.4 Å². The van der Waals surface area contributed by atoms with Crippen LogP contribution in [0.1, 0.15) is 28.5 Å². The van der Waals surface area contributed by atoms with E-state index >= 15 is 0 Å². The summed E-state index contributed by atoms with van der Waals surface area (Å²) >= 11 is 6.28. The number of rotatable bonds is 5. The molecule has 164 valence electrons. The Balaban J connectivity index is 1.93. The summed E-state index contributed by atoms with van der Waals surface area (Å²) in [6.07, 6.45) is 1.47. The molecule has 0 aliphatic carbocycles. The van der Waals surface area contributed by atoms with Gasteiger partial charge in [0.1, 0.15) is 23.0 Å². The van der Waals surface area contributed by atoms with Crippen LogP contribution in [0.3, 0.4) is 0 Å². The van der Waals surface area contributed by atoms with Crippen LogP contribution >= 0.6 is 11.6 Å². The molecule has 2 N–H and O–H groups in total. The Bertz CT molecular complexity index is 1210. The molecule has 1 aliphatic rings. The molecule has 3 aromatic rings. The van der Waals surface area contributed by atoms with Gasteiger partial charge in [-0.2, -0.15) is 0 Å². The summed E-state index contributed by atoms with van der Waals surface area (Å²) in [6.45, 7) is 1.81. The first-order valence-electron chi connectivity index (χ1n) is 9.76. The highest BCUT2D eigenvalue weighted by Gasteiger charge is 2.46. The van der Waals surface area contributed by atoms with Crippen molar-refractivity contribution in [3.05, 3.63) is 87.8 Å². The van der Waals surface area contributed by atoms with Crippen molar-refractivity contribution in [2.75, 3.05) is 7.11 Å². The number of phenols is 1. The lowest BCUT2D eigenvalue weighted by atomic mass is 9.94. The number of carbonyl (C=O) groups is 2. The number of furan rings is 1. The summed E-state index contributed by atoms with van der Waals surface area (Å²) in [5.74, 6) is -1.32. The zero-order valence-electron chi connectivity index (χ0n) is 17.3. The van der Waals surface area contributed by atoms with Gasteiger partial charge in [-0.1, -0.05) is 23.7 Å². The predicted molar refractivity (Wildman–Crippen MR) is 117 cm³/mol. The second kappa shape index (κ2) is 8.43. The van der Waals surface area contributed by atoms with Crippen molar-refractivity contribution in [1.82, 2.24) is 4.90 Å². The Kier molecular flexibility index (Phi) is 5.67. The van der Waals surface area contributed by atoms with E-state index in [2.05, 4.69) is 0 Å². The van der Waals surface area contributed by atoms with Crippen LogP contribution in [0.15, 0.2) is 64.8 Å². The van der Waals surface area contributed by atoms with Crippen molar-refractivity contribution in [2.45, 2.75) is 19.5 Å². The van der Waals surface area contributed by atoms with Crippen LogP contribution in [0.4, 0.5) is 0 Å². The summed E-state index contributed by atoms with van der Waals surface area (Å²) in [5.41, 5.74) is 1.38. The number of aryl methyl sites for hydroxylation is 1. The lowest BCUT2D eigenvalue weighted by Gasteiger charge is -2.24. The molecule has 0 spiro atoms. The van der Waals surface area contributed by atoms with Gasteiger partial charge in [0.15, 0.2) is 0 Å². The molecule has 2 aromatic carbocycles. The topological polar surface area (TPSA) is 100 Å². The van der Waals surface area contributed by atoms with Crippen molar-refractivity contribution in [3.8, 4) is 11.5 Å². The van der Waals surface area contributed by atoms with E-state index in [-0.39, 0.29) is 34.2 Å². The Morgan fingerprint density at radius 1 is 1.19 bits per heavy atom. The summed E-state index contributed by atoms with van der Waals surface area (Å²) in [6, 6.07) is 11.8. The maximum Gasteiger partial charge on any atom is 0.296 e. The number of carbonyl (C=O) groups excluding carboxylic acids is 2. The molecule has 0 radical (unpaired) electrons. The average molecular weight is 454 g/mol. The zero-order valence-corrected chi connectivity index (χ0v) is 18.1. The van der Waals surface area contributed by atoms with E-state index in [0.29, 0.717) is 11.3 Å². The van der Waals surface area contributed by atoms with Crippen LogP contribution < -0.4 is 4.74 Å². The molecule has 32 heavy (non-hydrogen) atoms. The Labute approximate surface area is 189 Å². The number of aliphatic hydroxyl groups excluding tert-OH is 1. The summed E-state index contributed by atoms with van der Waals surface area (Å²) in [4.78, 5) is 27.4. The number of nitrogens with zero attached hydrogens (tertiary/aromatic N) is 1. The fourth-order valence-electron chi connectivity index (χ4n) is 3.87. The summed E-state index contributed by atoms with van der Waals surface area (Å²) in [7, 11) is 1.40. The minimum absolute atomic E-state index is 0.0194. The van der Waals surface area contributed by atoms with Crippen molar-refractivity contribution < 1.29 is 29.0 Å². The van der Waals surface area contributed by atoms with Gasteiger partial charge in [-0.15, -0.1) is 0 Å². The van der Waals surface area contributed by atoms with Gasteiger partial charge in [-0.25, -0.2) is 0 Å². The molecule has 4 rings (SSSR count). The van der Waals surface area contributed by atoms with E-state index < -0.39 is 23.5 Å². The van der Waals surface area contributed by atoms with Crippen LogP contribution in [-0.2, 0) is 16.1 Å². The minimum Gasteiger partial charge on any atom is -0.508 e. The lowest BCUT2D eigenvalue weighted by Crippen LogP contribution is -2.29. The van der Waals surface area contributed by atoms with Crippen LogP contribution in [0.5, 0.6) is 11.5 Å². The number of aromatic hydroxyl groups is 1. The highest BCUT2D eigenvalue weighted by Crippen LogP contribution is 2.43. The molecule has 0 bridgehead atoms. The molecule has 0 saturated carbocycles. The van der Waals surface area contributed by atoms with Gasteiger partial charge >= 0.3 is 0 Å². The highest BCUT2D eigenvalue weighted by molar-refractivity contribution is 6.46. The number of phenolic OH excluding ortho intramolecular Hbond substituents is 1. The molecule has 8 heteroatoms. The summed E-state index contributed by atoms with van der Waals surface area (Å²) < 4.78 is 10.7. The SMILES string of the molecule is COc1c(Cl)cc(C)cc1/C(O)=C1\C(=O)C(=O)N(Cc2ccco2)C1c1ccc(O)cc1. The molecule has 1 aromatic heterocycles. The van der Waals surface area contributed by atoms with E-state index in [1.54, 1.807) is 43.3 Å². The number of benzene rings is 2. The van der Waals surface area contributed by atoms with Crippen LogP contribution in [0, 0.1) is 6.92 Å². The third-order valence-electron chi connectivity index (χ3n) is 5.30. The van der Waals surface area contributed by atoms with Gasteiger partial charge in [-0.3, -0.25) is 9.59 Å². The first-order valence-corrected chi connectivity index (χ1v) is 10.1. The number of aliphatic hydroxyl groups is 1. The Morgan fingerprint density at radius 2 is 1.91 bits per heavy atom. The molecule has 1 saturated heterocycles. The largest absolute Gasteiger partial charge is 0.508 e. The Morgan fingerprint density at radius 3 is 2.53 bits per heavy atom. The van der Waals surface area contributed by atoms with E-state index in [1.807, 2.05) is 0 Å². The molecule has 1 aliphatic heterocycles. The average Bonchev–Trinajstić information content (AvgIpc) is 3.36.